The molecule has 8 nitrogen and oxygen atoms in total. The van der Waals surface area contributed by atoms with E-state index < -0.39 is 15.1 Å². The summed E-state index contributed by atoms with van der Waals surface area (Å²) in [7, 11) is -3.36. The van der Waals surface area contributed by atoms with Gasteiger partial charge in [-0.3, -0.25) is 0 Å². The highest BCUT2D eigenvalue weighted by atomic mass is 32.2. The summed E-state index contributed by atoms with van der Waals surface area (Å²) in [5.74, 6) is 3.09. The Balaban J connectivity index is 1.67. The molecule has 32 heavy (non-hydrogen) atoms. The van der Waals surface area contributed by atoms with E-state index in [9.17, 15) is 8.42 Å². The topological polar surface area (TPSA) is 125 Å². The third-order valence-corrected chi connectivity index (χ3v) is 7.00. The predicted molar refractivity (Wildman–Crippen MR) is 121 cm³/mol. The lowest BCUT2D eigenvalue weighted by Gasteiger charge is -2.09. The Labute approximate surface area is 185 Å². The number of rotatable bonds is 5. The maximum absolute atomic E-state index is 12.3. The van der Waals surface area contributed by atoms with E-state index in [0.717, 1.165) is 5.56 Å². The second-order valence-electron chi connectivity index (χ2n) is 7.24. The molecule has 2 heterocycles. The van der Waals surface area contributed by atoms with Crippen molar-refractivity contribution in [2.45, 2.75) is 24.0 Å². The van der Waals surface area contributed by atoms with Crippen molar-refractivity contribution >= 4 is 15.7 Å². The number of nitrogens with zero attached hydrogens (tertiary/aromatic N) is 4. The Bertz CT molecular complexity index is 1420. The van der Waals surface area contributed by atoms with Crippen molar-refractivity contribution in [1.29, 1.82) is 0 Å². The minimum Gasteiger partial charge on any atom is -0.414 e. The van der Waals surface area contributed by atoms with Crippen LogP contribution in [0.5, 0.6) is 0 Å². The van der Waals surface area contributed by atoms with Gasteiger partial charge in [0.2, 0.25) is 5.89 Å². The molecular weight excluding hydrogens is 426 g/mol. The van der Waals surface area contributed by atoms with Gasteiger partial charge in [0.05, 0.1) is 22.0 Å². The number of hydrogen-bond donors (Lipinski definition) is 1. The van der Waals surface area contributed by atoms with E-state index in [-0.39, 0.29) is 22.3 Å². The van der Waals surface area contributed by atoms with Gasteiger partial charge in [-0.05, 0) is 50.2 Å². The Morgan fingerprint density at radius 1 is 0.969 bits per heavy atom. The van der Waals surface area contributed by atoms with Crippen molar-refractivity contribution in [3.05, 3.63) is 60.3 Å². The van der Waals surface area contributed by atoms with Gasteiger partial charge in [-0.1, -0.05) is 18.1 Å². The van der Waals surface area contributed by atoms with Crippen molar-refractivity contribution in [3.63, 3.8) is 0 Å². The minimum absolute atomic E-state index is 0.117. The third kappa shape index (κ3) is 3.96. The first-order valence-electron chi connectivity index (χ1n) is 9.67. The first kappa shape index (κ1) is 21.2. The molecule has 0 bridgehead atoms. The zero-order valence-electron chi connectivity index (χ0n) is 17.4. The van der Waals surface area contributed by atoms with Crippen LogP contribution in [0.2, 0.25) is 0 Å². The Morgan fingerprint density at radius 2 is 1.59 bits per heavy atom. The fourth-order valence-corrected chi connectivity index (χ4v) is 3.99. The van der Waals surface area contributed by atoms with Crippen molar-refractivity contribution in [3.8, 4) is 46.6 Å². The summed E-state index contributed by atoms with van der Waals surface area (Å²) in [6, 6.07) is 13.6. The average Bonchev–Trinajstić information content (AvgIpc) is 3.29. The summed E-state index contributed by atoms with van der Waals surface area (Å²) in [4.78, 5) is 8.94. The third-order valence-electron chi connectivity index (χ3n) is 4.83. The van der Waals surface area contributed by atoms with Crippen molar-refractivity contribution in [2.75, 3.05) is 5.73 Å². The van der Waals surface area contributed by atoms with Gasteiger partial charge in [0, 0.05) is 16.7 Å². The predicted octanol–water partition coefficient (Wildman–Crippen LogP) is 3.61. The SMILES string of the molecule is C#Cc1ccc(-c2nnc(-c3nc(-c4ccc(S(=O)(=O)C(C)C)cc4)cnc3N)o2)cc1. The molecule has 0 saturated heterocycles. The van der Waals surface area contributed by atoms with Gasteiger partial charge in [0.1, 0.15) is 0 Å². The Morgan fingerprint density at radius 3 is 2.22 bits per heavy atom. The molecule has 160 valence electrons. The van der Waals surface area contributed by atoms with Gasteiger partial charge in [-0.2, -0.15) is 0 Å². The molecule has 0 unspecified atom stereocenters. The Kier molecular flexibility index (Phi) is 5.47. The van der Waals surface area contributed by atoms with Crippen LogP contribution in [-0.4, -0.2) is 33.8 Å². The lowest BCUT2D eigenvalue weighted by molar-refractivity contribution is 0.582. The normalized spacial score (nSPS) is 11.4. The summed E-state index contributed by atoms with van der Waals surface area (Å²) < 4.78 is 30.4. The van der Waals surface area contributed by atoms with Gasteiger partial charge in [0.25, 0.3) is 5.89 Å². The summed E-state index contributed by atoms with van der Waals surface area (Å²) in [6.07, 6.45) is 6.88. The number of anilines is 1. The van der Waals surface area contributed by atoms with Crippen LogP contribution < -0.4 is 5.73 Å². The lowest BCUT2D eigenvalue weighted by atomic mass is 10.1. The summed E-state index contributed by atoms with van der Waals surface area (Å²) in [6.45, 7) is 3.28. The van der Waals surface area contributed by atoms with Crippen LogP contribution in [0, 0.1) is 12.3 Å². The van der Waals surface area contributed by atoms with Gasteiger partial charge in [-0.25, -0.2) is 18.4 Å². The number of nitrogen functional groups attached to an aromatic ring is 1. The van der Waals surface area contributed by atoms with Crippen LogP contribution in [0.15, 0.2) is 64.0 Å². The van der Waals surface area contributed by atoms with Gasteiger partial charge < -0.3 is 10.2 Å². The van der Waals surface area contributed by atoms with Crippen LogP contribution in [0.25, 0.3) is 34.3 Å². The molecule has 0 radical (unpaired) electrons. The van der Waals surface area contributed by atoms with E-state index in [2.05, 4.69) is 26.1 Å². The smallest absolute Gasteiger partial charge is 0.270 e. The van der Waals surface area contributed by atoms with Crippen molar-refractivity contribution < 1.29 is 12.8 Å². The minimum atomic E-state index is -3.36. The van der Waals surface area contributed by atoms with E-state index in [1.807, 2.05) is 0 Å². The van der Waals surface area contributed by atoms with Crippen LogP contribution in [0.3, 0.4) is 0 Å². The molecule has 4 aromatic rings. The first-order valence-corrected chi connectivity index (χ1v) is 11.2. The molecule has 9 heteroatoms. The molecule has 0 aliphatic heterocycles. The van der Waals surface area contributed by atoms with Gasteiger partial charge >= 0.3 is 0 Å². The molecule has 2 N–H and O–H groups in total. The summed E-state index contributed by atoms with van der Waals surface area (Å²) >= 11 is 0. The van der Waals surface area contributed by atoms with Gasteiger partial charge in [-0.15, -0.1) is 16.6 Å². The van der Waals surface area contributed by atoms with E-state index >= 15 is 0 Å². The molecule has 0 aliphatic rings. The molecule has 2 aromatic heterocycles. The molecule has 0 saturated carbocycles. The second-order valence-corrected chi connectivity index (χ2v) is 9.75. The van der Waals surface area contributed by atoms with Crippen LogP contribution in [-0.2, 0) is 9.84 Å². The van der Waals surface area contributed by atoms with Crippen molar-refractivity contribution in [1.82, 2.24) is 20.2 Å². The molecule has 2 aromatic carbocycles. The van der Waals surface area contributed by atoms with E-state index in [4.69, 9.17) is 16.6 Å². The largest absolute Gasteiger partial charge is 0.414 e. The second kappa shape index (κ2) is 8.24. The first-order chi connectivity index (χ1) is 15.3. The summed E-state index contributed by atoms with van der Waals surface area (Å²) in [5.41, 5.74) is 8.83. The standard InChI is InChI=1S/C23H19N5O3S/c1-4-15-5-7-17(8-6-15)22-27-28-23(31-22)20-21(24)25-13-19(26-20)16-9-11-18(12-10-16)32(29,30)14(2)3/h1,5-14H,2-3H3,(H2,24,25). The highest BCUT2D eigenvalue weighted by Gasteiger charge is 2.20. The average molecular weight is 446 g/mol. The van der Waals surface area contributed by atoms with Crippen LogP contribution in [0.1, 0.15) is 19.4 Å². The molecule has 0 aliphatic carbocycles. The molecule has 0 amide bonds. The highest BCUT2D eigenvalue weighted by molar-refractivity contribution is 7.92. The number of terminal acetylenes is 1. The Hall–Kier alpha value is -4.03. The van der Waals surface area contributed by atoms with Crippen LogP contribution >= 0.6 is 0 Å². The van der Waals surface area contributed by atoms with E-state index in [1.165, 1.54) is 6.20 Å². The van der Waals surface area contributed by atoms with Crippen LogP contribution in [0.4, 0.5) is 5.82 Å². The number of hydrogen-bond acceptors (Lipinski definition) is 8. The number of aromatic nitrogens is 4. The molecular formula is C23H19N5O3S. The summed E-state index contributed by atoms with van der Waals surface area (Å²) in [5, 5.41) is 7.60. The van der Waals surface area contributed by atoms with Crippen molar-refractivity contribution in [2.24, 2.45) is 0 Å². The number of sulfone groups is 1. The molecule has 0 spiro atoms. The monoisotopic (exact) mass is 445 g/mol. The number of nitrogens with two attached hydrogens (primary N) is 1. The quantitative estimate of drug-likeness (QED) is 0.462. The molecule has 0 atom stereocenters. The molecule has 0 fully saturated rings. The highest BCUT2D eigenvalue weighted by Crippen LogP contribution is 2.28. The fraction of sp³-hybridized carbons (Fsp3) is 0.130. The zero-order valence-corrected chi connectivity index (χ0v) is 18.2. The molecule has 4 rings (SSSR count). The maximum Gasteiger partial charge on any atom is 0.270 e. The maximum atomic E-state index is 12.3. The van der Waals surface area contributed by atoms with E-state index in [1.54, 1.807) is 62.4 Å². The van der Waals surface area contributed by atoms with E-state index in [0.29, 0.717) is 22.7 Å². The lowest BCUT2D eigenvalue weighted by Crippen LogP contribution is -2.13. The number of benzene rings is 2. The zero-order chi connectivity index (χ0) is 22.9. The van der Waals surface area contributed by atoms with Gasteiger partial charge in [0.15, 0.2) is 21.3 Å². The fourth-order valence-electron chi connectivity index (χ4n) is 2.93.